The van der Waals surface area contributed by atoms with Crippen molar-refractivity contribution in [3.63, 3.8) is 0 Å². The first-order valence-electron chi connectivity index (χ1n) is 11.0. The zero-order valence-corrected chi connectivity index (χ0v) is 18.5. The fourth-order valence-electron chi connectivity index (χ4n) is 4.04. The number of benzene rings is 1. The molecule has 0 aliphatic heterocycles. The van der Waals surface area contributed by atoms with Gasteiger partial charge < -0.3 is 4.90 Å². The fourth-order valence-corrected chi connectivity index (χ4v) is 4.85. The van der Waals surface area contributed by atoms with Gasteiger partial charge in [0.25, 0.3) is 0 Å². The molecule has 1 amide bonds. The van der Waals surface area contributed by atoms with E-state index in [1.165, 1.54) is 36.0 Å². The number of halogens is 1. The average Bonchev–Trinajstić information content (AvgIpc) is 3.57. The summed E-state index contributed by atoms with van der Waals surface area (Å²) in [6, 6.07) is 10.3. The van der Waals surface area contributed by atoms with E-state index in [1.807, 2.05) is 21.6 Å². The smallest absolute Gasteiger partial charge is 0.237 e. The van der Waals surface area contributed by atoms with Gasteiger partial charge in [-0.1, -0.05) is 17.8 Å². The summed E-state index contributed by atoms with van der Waals surface area (Å²) in [5.41, 5.74) is 2.77. The molecule has 0 spiro atoms. The van der Waals surface area contributed by atoms with Crippen molar-refractivity contribution in [2.45, 2.75) is 49.7 Å². The summed E-state index contributed by atoms with van der Waals surface area (Å²) in [5.74, 6) is 0.717. The number of nitrogens with zero attached hydrogens (tertiary/aromatic N) is 5. The molecule has 3 aromatic rings. The Balaban J connectivity index is 1.42. The minimum Gasteiger partial charge on any atom is -0.313 e. The molecule has 164 valence electrons. The van der Waals surface area contributed by atoms with Crippen molar-refractivity contribution in [2.75, 3.05) is 5.75 Å². The number of carbonyl (C=O) groups is 1. The lowest BCUT2D eigenvalue weighted by Crippen LogP contribution is -2.34. The van der Waals surface area contributed by atoms with Crippen LogP contribution in [-0.4, -0.2) is 42.4 Å². The van der Waals surface area contributed by atoms with Crippen LogP contribution in [0, 0.1) is 5.82 Å². The molecule has 6 nitrogen and oxygen atoms in total. The lowest BCUT2D eigenvalue weighted by atomic mass is 10.0. The number of carbonyl (C=O) groups excluding carboxylic acids is 1. The average molecular weight is 450 g/mol. The zero-order chi connectivity index (χ0) is 21.9. The van der Waals surface area contributed by atoms with E-state index < -0.39 is 0 Å². The second-order valence-electron chi connectivity index (χ2n) is 8.08. The van der Waals surface area contributed by atoms with E-state index >= 15 is 0 Å². The van der Waals surface area contributed by atoms with Gasteiger partial charge in [-0.05, 0) is 74.9 Å². The van der Waals surface area contributed by atoms with Gasteiger partial charge in [0.05, 0.1) is 5.75 Å². The molecule has 2 heterocycles. The van der Waals surface area contributed by atoms with E-state index in [0.717, 1.165) is 43.4 Å². The molecule has 1 aromatic carbocycles. The highest BCUT2D eigenvalue weighted by Crippen LogP contribution is 2.35. The number of thioether (sulfide) groups is 1. The molecule has 1 saturated carbocycles. The van der Waals surface area contributed by atoms with Crippen LogP contribution < -0.4 is 0 Å². The van der Waals surface area contributed by atoms with Gasteiger partial charge in [0.1, 0.15) is 5.82 Å². The van der Waals surface area contributed by atoms with Crippen LogP contribution in [0.1, 0.15) is 38.5 Å². The summed E-state index contributed by atoms with van der Waals surface area (Å²) in [7, 11) is 0. The van der Waals surface area contributed by atoms with E-state index in [9.17, 15) is 9.18 Å². The number of allylic oxidation sites excluding steroid dienone is 2. The maximum atomic E-state index is 13.5. The lowest BCUT2D eigenvalue weighted by Gasteiger charge is -2.27. The Kier molecular flexibility index (Phi) is 6.03. The van der Waals surface area contributed by atoms with Crippen molar-refractivity contribution in [1.29, 1.82) is 0 Å². The quantitative estimate of drug-likeness (QED) is 0.475. The fraction of sp³-hybridized carbons (Fsp3) is 0.333. The number of pyridine rings is 1. The first-order valence-corrected chi connectivity index (χ1v) is 11.9. The summed E-state index contributed by atoms with van der Waals surface area (Å²) in [6.07, 6.45) is 12.1. The summed E-state index contributed by atoms with van der Waals surface area (Å²) >= 11 is 1.37. The maximum absolute atomic E-state index is 13.5. The normalized spacial score (nSPS) is 16.0. The Morgan fingerprint density at radius 1 is 1.09 bits per heavy atom. The van der Waals surface area contributed by atoms with Crippen LogP contribution in [0.25, 0.3) is 17.1 Å². The van der Waals surface area contributed by atoms with Crippen molar-refractivity contribution in [1.82, 2.24) is 24.6 Å². The number of hydrogen-bond donors (Lipinski definition) is 0. The molecule has 5 rings (SSSR count). The number of aromatic nitrogens is 4. The molecule has 0 bridgehead atoms. The zero-order valence-electron chi connectivity index (χ0n) is 17.7. The highest BCUT2D eigenvalue weighted by atomic mass is 32.2. The lowest BCUT2D eigenvalue weighted by molar-refractivity contribution is -0.127. The van der Waals surface area contributed by atoms with E-state index in [4.69, 9.17) is 0 Å². The first-order chi connectivity index (χ1) is 15.7. The van der Waals surface area contributed by atoms with Gasteiger partial charge in [0, 0.05) is 35.4 Å². The van der Waals surface area contributed by atoms with Crippen molar-refractivity contribution in [3.05, 3.63) is 66.4 Å². The maximum Gasteiger partial charge on any atom is 0.237 e. The van der Waals surface area contributed by atoms with Gasteiger partial charge in [-0.2, -0.15) is 0 Å². The molecule has 0 N–H and O–H groups in total. The Morgan fingerprint density at radius 2 is 1.88 bits per heavy atom. The highest BCUT2D eigenvalue weighted by Gasteiger charge is 2.35. The highest BCUT2D eigenvalue weighted by molar-refractivity contribution is 7.99. The Bertz CT molecular complexity index is 1130. The largest absolute Gasteiger partial charge is 0.313 e. The standard InChI is InChI=1S/C24H24FN5OS/c25-18-6-8-21(9-7-18)30-23(17-12-14-26-15-13-17)27-28-24(30)32-16-22(31)29(20-10-11-20)19-4-2-1-3-5-19/h4,6-9,12-15,20H,1-3,5,10-11,16H2. The Hall–Kier alpha value is -3.00. The molecular formula is C24H24FN5OS. The molecule has 0 saturated heterocycles. The van der Waals surface area contributed by atoms with Crippen LogP contribution in [-0.2, 0) is 4.79 Å². The second-order valence-corrected chi connectivity index (χ2v) is 9.02. The SMILES string of the molecule is O=C(CSc1nnc(-c2ccncc2)n1-c1ccc(F)cc1)N(C1=CCCCC1)C1CC1. The van der Waals surface area contributed by atoms with Crippen LogP contribution in [0.3, 0.4) is 0 Å². The summed E-state index contributed by atoms with van der Waals surface area (Å²) in [4.78, 5) is 19.3. The van der Waals surface area contributed by atoms with Gasteiger partial charge in [-0.3, -0.25) is 14.3 Å². The summed E-state index contributed by atoms with van der Waals surface area (Å²) < 4.78 is 15.4. The van der Waals surface area contributed by atoms with E-state index in [1.54, 1.807) is 24.5 Å². The molecule has 0 unspecified atom stereocenters. The molecule has 2 aliphatic carbocycles. The van der Waals surface area contributed by atoms with E-state index in [2.05, 4.69) is 21.3 Å². The Labute approximate surface area is 190 Å². The van der Waals surface area contributed by atoms with Crippen LogP contribution in [0.4, 0.5) is 4.39 Å². The monoisotopic (exact) mass is 449 g/mol. The van der Waals surface area contributed by atoms with Crippen molar-refractivity contribution in [3.8, 4) is 17.1 Å². The number of rotatable bonds is 7. The molecule has 2 aromatic heterocycles. The van der Waals surface area contributed by atoms with Crippen molar-refractivity contribution >= 4 is 17.7 Å². The minimum atomic E-state index is -0.308. The van der Waals surface area contributed by atoms with Crippen molar-refractivity contribution < 1.29 is 9.18 Å². The molecule has 8 heteroatoms. The second kappa shape index (κ2) is 9.24. The predicted molar refractivity (Wildman–Crippen MR) is 122 cm³/mol. The van der Waals surface area contributed by atoms with E-state index in [0.29, 0.717) is 17.0 Å². The van der Waals surface area contributed by atoms with Crippen LogP contribution in [0.15, 0.2) is 65.7 Å². The summed E-state index contributed by atoms with van der Waals surface area (Å²) in [5, 5.41) is 9.35. The van der Waals surface area contributed by atoms with Crippen molar-refractivity contribution in [2.24, 2.45) is 0 Å². The van der Waals surface area contributed by atoms with Crippen LogP contribution >= 0.6 is 11.8 Å². The molecule has 0 atom stereocenters. The molecular weight excluding hydrogens is 425 g/mol. The first kappa shape index (κ1) is 20.9. The Morgan fingerprint density at radius 3 is 2.56 bits per heavy atom. The number of amides is 1. The third-order valence-electron chi connectivity index (χ3n) is 5.74. The van der Waals surface area contributed by atoms with Crippen LogP contribution in [0.5, 0.6) is 0 Å². The third kappa shape index (κ3) is 4.46. The van der Waals surface area contributed by atoms with E-state index in [-0.39, 0.29) is 17.5 Å². The molecule has 2 aliphatic rings. The molecule has 32 heavy (non-hydrogen) atoms. The van der Waals surface area contributed by atoms with Crippen LogP contribution in [0.2, 0.25) is 0 Å². The topological polar surface area (TPSA) is 63.9 Å². The third-order valence-corrected chi connectivity index (χ3v) is 6.65. The van der Waals surface area contributed by atoms with Gasteiger partial charge in [0.15, 0.2) is 11.0 Å². The summed E-state index contributed by atoms with van der Waals surface area (Å²) in [6.45, 7) is 0. The van der Waals surface area contributed by atoms with Gasteiger partial charge >= 0.3 is 0 Å². The predicted octanol–water partition coefficient (Wildman–Crippen LogP) is 5.01. The number of hydrogen-bond acceptors (Lipinski definition) is 5. The van der Waals surface area contributed by atoms with Gasteiger partial charge in [-0.15, -0.1) is 10.2 Å². The van der Waals surface area contributed by atoms with Gasteiger partial charge in [0.2, 0.25) is 5.91 Å². The molecule has 1 fully saturated rings. The molecule has 0 radical (unpaired) electrons. The van der Waals surface area contributed by atoms with Gasteiger partial charge in [-0.25, -0.2) is 4.39 Å². The minimum absolute atomic E-state index is 0.116.